The van der Waals surface area contributed by atoms with Crippen LogP contribution < -0.4 is 2.59 Å². The molecule has 0 saturated carbocycles. The number of hydrogen-bond donors (Lipinski definition) is 0. The molecule has 0 nitrogen and oxygen atoms in total. The van der Waals surface area contributed by atoms with E-state index in [-0.39, 0.29) is 5.41 Å². The van der Waals surface area contributed by atoms with E-state index in [1.807, 2.05) is 25.2 Å². The Morgan fingerprint density at radius 1 is 0.679 bits per heavy atom. The van der Waals surface area contributed by atoms with E-state index in [0.717, 1.165) is 0 Å². The molecule has 0 unspecified atom stereocenters. The van der Waals surface area contributed by atoms with E-state index < -0.39 is 0 Å². The fourth-order valence-electron chi connectivity index (χ4n) is 5.16. The molecule has 1 spiro atoms. The van der Waals surface area contributed by atoms with Crippen molar-refractivity contribution in [2.24, 2.45) is 0 Å². The molecular formula is C26H21AtS. The molecule has 0 saturated heterocycles. The van der Waals surface area contributed by atoms with Crippen molar-refractivity contribution in [3.63, 3.8) is 0 Å². The van der Waals surface area contributed by atoms with Gasteiger partial charge in [-0.05, 0) is 0 Å². The van der Waals surface area contributed by atoms with Gasteiger partial charge in [-0.2, -0.15) is 0 Å². The zero-order valence-electron chi connectivity index (χ0n) is 16.2. The van der Waals surface area contributed by atoms with Crippen LogP contribution in [0.2, 0.25) is 0 Å². The van der Waals surface area contributed by atoms with Crippen molar-refractivity contribution in [2.45, 2.75) is 26.2 Å². The summed E-state index contributed by atoms with van der Waals surface area (Å²) in [7, 11) is 0. The van der Waals surface area contributed by atoms with Gasteiger partial charge in [-0.1, -0.05) is 13.8 Å². The molecule has 2 aliphatic rings. The van der Waals surface area contributed by atoms with Gasteiger partial charge in [0.1, 0.15) is 0 Å². The van der Waals surface area contributed by atoms with E-state index in [1.54, 1.807) is 24.7 Å². The first-order valence-electron chi connectivity index (χ1n) is 9.83. The summed E-state index contributed by atoms with van der Waals surface area (Å²) in [4.78, 5) is 1.46. The maximum absolute atomic E-state index is 2.35. The SMILES string of the molecule is CC.Cc1sc([At])c2c1C1(c3ccccc3-c3ccccc31)c1ccccc1-2. The normalized spacial score (nSPS) is 14.0. The maximum atomic E-state index is 2.35. The second-order valence-corrected chi connectivity index (χ2v) is 10.8. The van der Waals surface area contributed by atoms with Crippen LogP contribution in [0.25, 0.3) is 22.3 Å². The summed E-state index contributed by atoms with van der Waals surface area (Å²) in [6.45, 7) is 6.31. The number of hydrogen-bond acceptors (Lipinski definition) is 1. The molecule has 0 radical (unpaired) electrons. The minimum atomic E-state index is -0.150. The molecule has 0 atom stereocenters. The molecule has 0 fully saturated rings. The third-order valence-electron chi connectivity index (χ3n) is 5.97. The quantitative estimate of drug-likeness (QED) is 0.192. The van der Waals surface area contributed by atoms with E-state index in [2.05, 4.69) is 79.7 Å². The van der Waals surface area contributed by atoms with Crippen molar-refractivity contribution in [3.05, 3.63) is 99.9 Å². The Bertz CT molecular complexity index is 1170. The molecule has 2 heteroatoms. The van der Waals surface area contributed by atoms with Crippen molar-refractivity contribution in [3.8, 4) is 22.3 Å². The summed E-state index contributed by atoms with van der Waals surface area (Å²) in [5.74, 6) is 0. The number of aryl methyl sites for hydroxylation is 1. The standard InChI is InChI=1S/C24H15AtS.C2H6/c1-14-22-21(23(25)26-14)17-10-4-7-13-20(17)24(22)18-11-5-2-8-15(18)16-9-3-6-12-19(16)24;1-2/h2-13H,1H3;1-2H3. The predicted octanol–water partition coefficient (Wildman–Crippen LogP) is 6.60. The molecule has 2 aliphatic carbocycles. The zero-order valence-corrected chi connectivity index (χ0v) is 20.0. The first kappa shape index (κ1) is 18.3. The van der Waals surface area contributed by atoms with Gasteiger partial charge in [0.25, 0.3) is 0 Å². The van der Waals surface area contributed by atoms with Crippen molar-refractivity contribution in [2.75, 3.05) is 0 Å². The van der Waals surface area contributed by atoms with E-state index >= 15 is 0 Å². The zero-order chi connectivity index (χ0) is 19.5. The van der Waals surface area contributed by atoms with E-state index in [1.165, 1.54) is 52.0 Å². The van der Waals surface area contributed by atoms with Crippen LogP contribution >= 0.6 is 11.3 Å². The van der Waals surface area contributed by atoms with Gasteiger partial charge in [0.05, 0.1) is 0 Å². The fraction of sp³-hybridized carbons (Fsp3) is 0.154. The monoisotopic (exact) mass is 575 g/mol. The van der Waals surface area contributed by atoms with Crippen molar-refractivity contribution < 1.29 is 24.7 Å². The van der Waals surface area contributed by atoms with Crippen LogP contribution in [0.3, 0.4) is 0 Å². The second kappa shape index (κ2) is 6.65. The first-order chi connectivity index (χ1) is 13.7. The molecule has 0 bridgehead atoms. The van der Waals surface area contributed by atoms with Gasteiger partial charge in [-0.3, -0.25) is 0 Å². The summed E-state index contributed by atoms with van der Waals surface area (Å²) in [6.07, 6.45) is 0. The Balaban J connectivity index is 0.000000829. The molecule has 4 aromatic rings. The molecular weight excluding hydrogens is 554 g/mol. The molecule has 1 aromatic heterocycles. The number of thiophene rings is 1. The summed E-state index contributed by atoms with van der Waals surface area (Å²) in [5.41, 5.74) is 11.4. The minimum absolute atomic E-state index is 0.150. The molecule has 138 valence electrons. The number of fused-ring (bicyclic) bond motifs is 10. The summed E-state index contributed by atoms with van der Waals surface area (Å²) in [5, 5.41) is 0. The van der Waals surface area contributed by atoms with Crippen LogP contribution in [0, 0.1) is 31.6 Å². The second-order valence-electron chi connectivity index (χ2n) is 7.07. The average molecular weight is 576 g/mol. The van der Waals surface area contributed by atoms with E-state index in [0.29, 0.717) is 0 Å². The number of benzene rings is 3. The van der Waals surface area contributed by atoms with Crippen LogP contribution in [0.15, 0.2) is 72.8 Å². The van der Waals surface area contributed by atoms with Gasteiger partial charge >= 0.3 is 173 Å². The van der Waals surface area contributed by atoms with Gasteiger partial charge in [0, 0.05) is 0 Å². The molecule has 28 heavy (non-hydrogen) atoms. The molecule has 1 heterocycles. The third-order valence-corrected chi connectivity index (χ3v) is 8.50. The summed E-state index contributed by atoms with van der Waals surface area (Å²) in [6, 6.07) is 27.1. The van der Waals surface area contributed by atoms with Gasteiger partial charge in [-0.25, -0.2) is 0 Å². The van der Waals surface area contributed by atoms with Crippen LogP contribution in [0.5, 0.6) is 0 Å². The molecule has 3 aromatic carbocycles. The van der Waals surface area contributed by atoms with Gasteiger partial charge in [-0.15, -0.1) is 0 Å². The Labute approximate surface area is 186 Å². The first-order valence-corrected chi connectivity index (χ1v) is 12.1. The van der Waals surface area contributed by atoms with Gasteiger partial charge in [0.15, 0.2) is 0 Å². The summed E-state index contributed by atoms with van der Waals surface area (Å²) < 4.78 is 1.49. The number of rotatable bonds is 0. The van der Waals surface area contributed by atoms with Crippen molar-refractivity contribution in [1.82, 2.24) is 0 Å². The van der Waals surface area contributed by atoms with Crippen molar-refractivity contribution >= 4 is 13.9 Å². The Hall–Kier alpha value is -1.76. The van der Waals surface area contributed by atoms with Crippen LogP contribution in [0.4, 0.5) is 0 Å². The van der Waals surface area contributed by atoms with Crippen LogP contribution in [-0.2, 0) is 5.41 Å². The Morgan fingerprint density at radius 2 is 1.11 bits per heavy atom. The van der Waals surface area contributed by atoms with Crippen LogP contribution in [-0.4, -0.2) is 0 Å². The topological polar surface area (TPSA) is 0 Å². The predicted molar refractivity (Wildman–Crippen MR) is 116 cm³/mol. The molecule has 6 rings (SSSR count). The molecule has 0 aliphatic heterocycles. The van der Waals surface area contributed by atoms with Crippen LogP contribution in [0.1, 0.15) is 41.0 Å². The molecule has 0 amide bonds. The van der Waals surface area contributed by atoms with Crippen molar-refractivity contribution in [1.29, 1.82) is 0 Å². The Kier molecular flexibility index (Phi) is 4.34. The van der Waals surface area contributed by atoms with Gasteiger partial charge < -0.3 is 0 Å². The average Bonchev–Trinajstić information content (AvgIpc) is 3.34. The third kappa shape index (κ3) is 2.09. The summed E-state index contributed by atoms with van der Waals surface area (Å²) >= 11 is 3.78. The Morgan fingerprint density at radius 3 is 1.64 bits per heavy atom. The van der Waals surface area contributed by atoms with Gasteiger partial charge in [0.2, 0.25) is 0 Å². The van der Waals surface area contributed by atoms with E-state index in [4.69, 9.17) is 0 Å². The van der Waals surface area contributed by atoms with E-state index in [9.17, 15) is 0 Å². The molecule has 0 N–H and O–H groups in total. The fourth-order valence-corrected chi connectivity index (χ4v) is 8.21.